The molecule has 16 heavy (non-hydrogen) atoms. The molecule has 1 aromatic rings. The van der Waals surface area contributed by atoms with E-state index in [4.69, 9.17) is 9.76 Å². The van der Waals surface area contributed by atoms with Crippen LogP contribution in [-0.2, 0) is 11.3 Å². The van der Waals surface area contributed by atoms with Crippen LogP contribution in [0.2, 0.25) is 0 Å². The quantitative estimate of drug-likeness (QED) is 0.493. The molecule has 1 aromatic carbocycles. The topological polar surface area (TPSA) is 41.5 Å². The van der Waals surface area contributed by atoms with Crippen molar-refractivity contribution < 1.29 is 9.76 Å². The zero-order valence-corrected chi connectivity index (χ0v) is 9.78. The molecule has 0 bridgehead atoms. The minimum absolute atomic E-state index is 0.791. The zero-order chi connectivity index (χ0) is 11.6. The lowest BCUT2D eigenvalue weighted by atomic mass is 9.88. The van der Waals surface area contributed by atoms with E-state index in [1.807, 2.05) is 31.2 Å². The number of nitrogens with one attached hydrogen (secondary N) is 1. The fourth-order valence-electron chi connectivity index (χ4n) is 1.40. The van der Waals surface area contributed by atoms with Crippen molar-refractivity contribution in [2.45, 2.75) is 19.9 Å². The van der Waals surface area contributed by atoms with Gasteiger partial charge in [-0.1, -0.05) is 29.7 Å². The molecular formula is C12H19BNO2. The van der Waals surface area contributed by atoms with Crippen LogP contribution < -0.4 is 10.8 Å². The first kappa shape index (κ1) is 13.2. The van der Waals surface area contributed by atoms with Crippen LogP contribution in [0.5, 0.6) is 0 Å². The zero-order valence-electron chi connectivity index (χ0n) is 9.78. The summed E-state index contributed by atoms with van der Waals surface area (Å²) in [5.74, 6) is 0. The van der Waals surface area contributed by atoms with E-state index in [0.717, 1.165) is 45.7 Å². The maximum Gasteiger partial charge on any atom is 0.326 e. The van der Waals surface area contributed by atoms with Gasteiger partial charge in [0.1, 0.15) is 0 Å². The first-order valence-electron chi connectivity index (χ1n) is 5.71. The lowest BCUT2D eigenvalue weighted by Gasteiger charge is -2.05. The van der Waals surface area contributed by atoms with Crippen LogP contribution in [0, 0.1) is 0 Å². The molecule has 0 fully saturated rings. The van der Waals surface area contributed by atoms with Gasteiger partial charge in [-0.3, -0.25) is 0 Å². The van der Waals surface area contributed by atoms with Gasteiger partial charge in [0.05, 0.1) is 0 Å². The molecule has 2 N–H and O–H groups in total. The summed E-state index contributed by atoms with van der Waals surface area (Å²) < 4.78 is 5.24. The van der Waals surface area contributed by atoms with E-state index in [9.17, 15) is 0 Å². The van der Waals surface area contributed by atoms with Crippen molar-refractivity contribution in [3.63, 3.8) is 0 Å². The lowest BCUT2D eigenvalue weighted by molar-refractivity contribution is 0.144. The smallest absolute Gasteiger partial charge is 0.326 e. The van der Waals surface area contributed by atoms with Crippen molar-refractivity contribution >= 4 is 12.9 Å². The SMILES string of the molecule is CCOCCCNCc1ccc([B]O)cc1. The van der Waals surface area contributed by atoms with E-state index in [-0.39, 0.29) is 0 Å². The minimum Gasteiger partial charge on any atom is -0.450 e. The van der Waals surface area contributed by atoms with E-state index < -0.39 is 0 Å². The Bertz CT molecular complexity index is 277. The van der Waals surface area contributed by atoms with Gasteiger partial charge < -0.3 is 15.1 Å². The van der Waals surface area contributed by atoms with E-state index in [1.54, 1.807) is 0 Å². The predicted octanol–water partition coefficient (Wildman–Crippen LogP) is 0.440. The molecule has 87 valence electrons. The number of benzene rings is 1. The van der Waals surface area contributed by atoms with Crippen molar-refractivity contribution in [2.24, 2.45) is 0 Å². The molecule has 0 aliphatic rings. The number of rotatable bonds is 8. The Kier molecular flexibility index (Phi) is 6.89. The molecule has 0 saturated carbocycles. The second-order valence-electron chi connectivity index (χ2n) is 3.60. The highest BCUT2D eigenvalue weighted by atomic mass is 16.5. The third-order valence-corrected chi connectivity index (χ3v) is 2.30. The van der Waals surface area contributed by atoms with Gasteiger partial charge in [0.25, 0.3) is 0 Å². The van der Waals surface area contributed by atoms with Gasteiger partial charge >= 0.3 is 7.48 Å². The highest BCUT2D eigenvalue weighted by molar-refractivity contribution is 6.45. The van der Waals surface area contributed by atoms with Crippen molar-refractivity contribution in [2.75, 3.05) is 19.8 Å². The maximum absolute atomic E-state index is 8.77. The lowest BCUT2D eigenvalue weighted by Crippen LogP contribution is -2.18. The van der Waals surface area contributed by atoms with Gasteiger partial charge in [-0.25, -0.2) is 0 Å². The molecule has 0 aliphatic heterocycles. The summed E-state index contributed by atoms with van der Waals surface area (Å²) in [4.78, 5) is 0. The molecule has 0 aliphatic carbocycles. The van der Waals surface area contributed by atoms with Crippen LogP contribution in [0.4, 0.5) is 0 Å². The third kappa shape index (κ3) is 5.30. The van der Waals surface area contributed by atoms with Crippen molar-refractivity contribution in [1.82, 2.24) is 5.32 Å². The highest BCUT2D eigenvalue weighted by Gasteiger charge is 1.95. The molecule has 1 rings (SSSR count). The Morgan fingerprint density at radius 1 is 1.31 bits per heavy atom. The summed E-state index contributed by atoms with van der Waals surface area (Å²) in [7, 11) is 1.11. The summed E-state index contributed by atoms with van der Waals surface area (Å²) >= 11 is 0. The first-order valence-corrected chi connectivity index (χ1v) is 5.71. The van der Waals surface area contributed by atoms with Crippen LogP contribution in [0.1, 0.15) is 18.9 Å². The fourth-order valence-corrected chi connectivity index (χ4v) is 1.40. The van der Waals surface area contributed by atoms with Gasteiger partial charge in [0.15, 0.2) is 0 Å². The Morgan fingerprint density at radius 3 is 2.69 bits per heavy atom. The molecule has 0 unspecified atom stereocenters. The summed E-state index contributed by atoms with van der Waals surface area (Å²) in [6.45, 7) is 5.44. The molecular weight excluding hydrogens is 201 g/mol. The van der Waals surface area contributed by atoms with Crippen LogP contribution in [0.3, 0.4) is 0 Å². The summed E-state index contributed by atoms with van der Waals surface area (Å²) in [6.07, 6.45) is 1.04. The monoisotopic (exact) mass is 220 g/mol. The Balaban J connectivity index is 2.12. The Morgan fingerprint density at radius 2 is 2.06 bits per heavy atom. The standard InChI is InChI=1S/C12H19BNO2/c1-2-16-9-3-8-14-10-11-4-6-12(13-15)7-5-11/h4-7,14-15H,2-3,8-10H2,1H3. The minimum atomic E-state index is 0.791. The third-order valence-electron chi connectivity index (χ3n) is 2.30. The van der Waals surface area contributed by atoms with E-state index >= 15 is 0 Å². The molecule has 0 amide bonds. The summed E-state index contributed by atoms with van der Waals surface area (Å²) in [5, 5.41) is 12.1. The number of ether oxygens (including phenoxy) is 1. The molecule has 0 spiro atoms. The number of hydrogen-bond acceptors (Lipinski definition) is 3. The van der Waals surface area contributed by atoms with Crippen LogP contribution in [0.25, 0.3) is 0 Å². The molecule has 4 heteroatoms. The van der Waals surface area contributed by atoms with Crippen LogP contribution in [0.15, 0.2) is 24.3 Å². The molecule has 1 radical (unpaired) electrons. The molecule has 0 heterocycles. The van der Waals surface area contributed by atoms with Gasteiger partial charge in [0.2, 0.25) is 0 Å². The van der Waals surface area contributed by atoms with Crippen LogP contribution >= 0.6 is 0 Å². The van der Waals surface area contributed by atoms with Gasteiger partial charge in [0, 0.05) is 19.8 Å². The average molecular weight is 220 g/mol. The summed E-state index contributed by atoms with van der Waals surface area (Å²) in [6, 6.07) is 7.82. The second-order valence-corrected chi connectivity index (χ2v) is 3.60. The largest absolute Gasteiger partial charge is 0.450 e. The molecule has 3 nitrogen and oxygen atoms in total. The Hall–Kier alpha value is -0.835. The van der Waals surface area contributed by atoms with Crippen molar-refractivity contribution in [1.29, 1.82) is 0 Å². The van der Waals surface area contributed by atoms with E-state index in [2.05, 4.69) is 5.32 Å². The molecule has 0 aromatic heterocycles. The van der Waals surface area contributed by atoms with Gasteiger partial charge in [-0.15, -0.1) is 0 Å². The van der Waals surface area contributed by atoms with Crippen molar-refractivity contribution in [3.05, 3.63) is 29.8 Å². The predicted molar refractivity (Wildman–Crippen MR) is 66.9 cm³/mol. The van der Waals surface area contributed by atoms with Crippen LogP contribution in [-0.4, -0.2) is 32.3 Å². The van der Waals surface area contributed by atoms with Gasteiger partial charge in [-0.05, 0) is 25.5 Å². The average Bonchev–Trinajstić information content (AvgIpc) is 2.34. The van der Waals surface area contributed by atoms with Crippen molar-refractivity contribution in [3.8, 4) is 0 Å². The molecule has 0 atom stereocenters. The Labute approximate surface area is 98.1 Å². The maximum atomic E-state index is 8.77. The normalized spacial score (nSPS) is 10.4. The first-order chi connectivity index (χ1) is 7.86. The molecule has 0 saturated heterocycles. The fraction of sp³-hybridized carbons (Fsp3) is 0.500. The highest BCUT2D eigenvalue weighted by Crippen LogP contribution is 1.95. The summed E-state index contributed by atoms with van der Waals surface area (Å²) in [5.41, 5.74) is 2.06. The van der Waals surface area contributed by atoms with Gasteiger partial charge in [-0.2, -0.15) is 0 Å². The second kappa shape index (κ2) is 8.33. The number of hydrogen-bond donors (Lipinski definition) is 2. The van der Waals surface area contributed by atoms with E-state index in [0.29, 0.717) is 0 Å². The van der Waals surface area contributed by atoms with E-state index in [1.165, 1.54) is 5.56 Å².